The van der Waals surface area contributed by atoms with Crippen molar-refractivity contribution in [2.24, 2.45) is 11.1 Å². The van der Waals surface area contributed by atoms with Crippen LogP contribution in [0, 0.1) is 5.92 Å². The molecular weight excluding hydrogens is 370 g/mol. The van der Waals surface area contributed by atoms with Crippen LogP contribution < -0.4 is 15.8 Å². The van der Waals surface area contributed by atoms with Crippen molar-refractivity contribution in [1.29, 1.82) is 0 Å². The van der Waals surface area contributed by atoms with E-state index in [0.717, 1.165) is 5.56 Å². The number of furan rings is 1. The first-order valence-electron chi connectivity index (χ1n) is 8.42. The molecule has 1 atom stereocenters. The first-order chi connectivity index (χ1) is 12.7. The second-order valence-corrected chi connectivity index (χ2v) is 7.96. The number of benzene rings is 1. The van der Waals surface area contributed by atoms with Crippen molar-refractivity contribution in [2.45, 2.75) is 31.2 Å². The smallest absolute Gasteiger partial charge is 0.287 e. The summed E-state index contributed by atoms with van der Waals surface area (Å²) in [6.45, 7) is 4.00. The highest BCUT2D eigenvalue weighted by Crippen LogP contribution is 2.09. The van der Waals surface area contributed by atoms with E-state index in [4.69, 9.17) is 9.56 Å². The molecule has 2 rings (SSSR count). The lowest BCUT2D eigenvalue weighted by Gasteiger charge is -2.21. The van der Waals surface area contributed by atoms with Gasteiger partial charge in [0.2, 0.25) is 15.9 Å². The van der Waals surface area contributed by atoms with E-state index in [1.165, 1.54) is 24.5 Å². The zero-order valence-electron chi connectivity index (χ0n) is 15.1. The zero-order chi connectivity index (χ0) is 20.0. The van der Waals surface area contributed by atoms with Crippen LogP contribution in [-0.2, 0) is 21.2 Å². The Labute approximate surface area is 158 Å². The fourth-order valence-electron chi connectivity index (χ4n) is 2.44. The number of hydrogen-bond acceptors (Lipinski definition) is 5. The molecule has 0 aliphatic rings. The van der Waals surface area contributed by atoms with Crippen molar-refractivity contribution >= 4 is 21.8 Å². The minimum atomic E-state index is -3.72. The number of nitrogens with one attached hydrogen (secondary N) is 2. The van der Waals surface area contributed by atoms with Crippen molar-refractivity contribution in [3.8, 4) is 0 Å². The highest BCUT2D eigenvalue weighted by molar-refractivity contribution is 7.89. The second-order valence-electron chi connectivity index (χ2n) is 6.40. The fraction of sp³-hybridized carbons (Fsp3) is 0.333. The van der Waals surface area contributed by atoms with Crippen LogP contribution in [0.15, 0.2) is 52.0 Å². The second kappa shape index (κ2) is 8.83. The summed E-state index contributed by atoms with van der Waals surface area (Å²) in [5.74, 6) is -0.722. The van der Waals surface area contributed by atoms with Gasteiger partial charge in [0.1, 0.15) is 6.04 Å². The molecule has 2 amide bonds. The van der Waals surface area contributed by atoms with Gasteiger partial charge < -0.3 is 15.1 Å². The SMILES string of the molecule is CC(C)[C@H](NC(=O)c1ccco1)C(=O)NCCc1ccc(S(N)(=O)=O)cc1. The van der Waals surface area contributed by atoms with Gasteiger partial charge >= 0.3 is 0 Å². The molecule has 1 aromatic carbocycles. The Morgan fingerprint density at radius 3 is 2.33 bits per heavy atom. The van der Waals surface area contributed by atoms with Crippen LogP contribution in [0.1, 0.15) is 30.0 Å². The minimum Gasteiger partial charge on any atom is -0.459 e. The quantitative estimate of drug-likeness (QED) is 0.617. The van der Waals surface area contributed by atoms with E-state index in [1.807, 2.05) is 13.8 Å². The third kappa shape index (κ3) is 5.93. The lowest BCUT2D eigenvalue weighted by Crippen LogP contribution is -2.50. The molecular formula is C18H23N3O5S. The van der Waals surface area contributed by atoms with Gasteiger partial charge in [0.05, 0.1) is 11.2 Å². The molecule has 0 aliphatic heterocycles. The third-order valence-electron chi connectivity index (χ3n) is 3.95. The molecule has 0 bridgehead atoms. The van der Waals surface area contributed by atoms with E-state index in [1.54, 1.807) is 18.2 Å². The van der Waals surface area contributed by atoms with Crippen molar-refractivity contribution < 1.29 is 22.4 Å². The molecule has 1 aromatic heterocycles. The molecule has 8 nitrogen and oxygen atoms in total. The number of nitrogens with two attached hydrogens (primary N) is 1. The predicted octanol–water partition coefficient (Wildman–Crippen LogP) is 1.04. The largest absolute Gasteiger partial charge is 0.459 e. The maximum absolute atomic E-state index is 12.4. The van der Waals surface area contributed by atoms with Crippen molar-refractivity contribution in [2.75, 3.05) is 6.54 Å². The molecule has 1 heterocycles. The molecule has 9 heteroatoms. The summed E-state index contributed by atoms with van der Waals surface area (Å²) in [5, 5.41) is 10.5. The van der Waals surface area contributed by atoms with Crippen LogP contribution in [0.2, 0.25) is 0 Å². The van der Waals surface area contributed by atoms with E-state index in [0.29, 0.717) is 13.0 Å². The van der Waals surface area contributed by atoms with Crippen LogP contribution in [0.25, 0.3) is 0 Å². The zero-order valence-corrected chi connectivity index (χ0v) is 16.0. The lowest BCUT2D eigenvalue weighted by molar-refractivity contribution is -0.123. The standard InChI is InChI=1S/C18H23N3O5S/c1-12(2)16(21-17(22)15-4-3-11-26-15)18(23)20-10-9-13-5-7-14(8-6-13)27(19,24)25/h3-8,11-12,16H,9-10H2,1-2H3,(H,20,23)(H,21,22)(H2,19,24,25)/t16-/m0/s1. The summed E-state index contributed by atoms with van der Waals surface area (Å²) in [6, 6.07) is 8.55. The summed E-state index contributed by atoms with van der Waals surface area (Å²) >= 11 is 0. The Balaban J connectivity index is 1.89. The van der Waals surface area contributed by atoms with Crippen molar-refractivity contribution in [1.82, 2.24) is 10.6 Å². The molecule has 0 fully saturated rings. The maximum Gasteiger partial charge on any atom is 0.287 e. The van der Waals surface area contributed by atoms with Gasteiger partial charge in [0.15, 0.2) is 5.76 Å². The van der Waals surface area contributed by atoms with Crippen LogP contribution in [0.3, 0.4) is 0 Å². The van der Waals surface area contributed by atoms with Gasteiger partial charge in [-0.1, -0.05) is 26.0 Å². The topological polar surface area (TPSA) is 132 Å². The Morgan fingerprint density at radius 1 is 1.15 bits per heavy atom. The molecule has 0 unspecified atom stereocenters. The molecule has 0 aliphatic carbocycles. The van der Waals surface area contributed by atoms with Gasteiger partial charge in [-0.2, -0.15) is 0 Å². The number of carbonyl (C=O) groups is 2. The summed E-state index contributed by atoms with van der Waals surface area (Å²) in [5.41, 5.74) is 0.850. The van der Waals surface area contributed by atoms with Crippen LogP contribution in [0.5, 0.6) is 0 Å². The van der Waals surface area contributed by atoms with Crippen molar-refractivity contribution in [3.63, 3.8) is 0 Å². The van der Waals surface area contributed by atoms with Crippen molar-refractivity contribution in [3.05, 3.63) is 54.0 Å². The summed E-state index contributed by atoms with van der Waals surface area (Å²) in [4.78, 5) is 24.5. The molecule has 4 N–H and O–H groups in total. The van der Waals surface area contributed by atoms with Gasteiger partial charge in [0.25, 0.3) is 5.91 Å². The number of hydrogen-bond donors (Lipinski definition) is 3. The third-order valence-corrected chi connectivity index (χ3v) is 4.87. The van der Waals surface area contributed by atoms with Crippen LogP contribution >= 0.6 is 0 Å². The molecule has 0 saturated heterocycles. The van der Waals surface area contributed by atoms with E-state index in [-0.39, 0.29) is 22.5 Å². The maximum atomic E-state index is 12.4. The van der Waals surface area contributed by atoms with E-state index < -0.39 is 22.0 Å². The molecule has 2 aromatic rings. The Kier molecular flexibility index (Phi) is 6.75. The first-order valence-corrected chi connectivity index (χ1v) is 9.97. The highest BCUT2D eigenvalue weighted by atomic mass is 32.2. The molecule has 0 radical (unpaired) electrons. The van der Waals surface area contributed by atoms with Crippen LogP contribution in [0.4, 0.5) is 0 Å². The average molecular weight is 393 g/mol. The van der Waals surface area contributed by atoms with Gasteiger partial charge in [0, 0.05) is 6.54 Å². The van der Waals surface area contributed by atoms with Gasteiger partial charge in [-0.25, -0.2) is 13.6 Å². The number of primary sulfonamides is 1. The Hall–Kier alpha value is -2.65. The number of carbonyl (C=O) groups excluding carboxylic acids is 2. The minimum absolute atomic E-state index is 0.0378. The van der Waals surface area contributed by atoms with Gasteiger partial charge in [-0.3, -0.25) is 9.59 Å². The fourth-order valence-corrected chi connectivity index (χ4v) is 2.96. The lowest BCUT2D eigenvalue weighted by atomic mass is 10.0. The predicted molar refractivity (Wildman–Crippen MR) is 99.3 cm³/mol. The normalized spacial score (nSPS) is 12.6. The Bertz CT molecular complexity index is 874. The highest BCUT2D eigenvalue weighted by Gasteiger charge is 2.25. The van der Waals surface area contributed by atoms with E-state index in [2.05, 4.69) is 10.6 Å². The summed E-state index contributed by atoms with van der Waals surface area (Å²) < 4.78 is 27.5. The molecule has 0 saturated carbocycles. The number of rotatable bonds is 8. The molecule has 0 spiro atoms. The van der Waals surface area contributed by atoms with Gasteiger partial charge in [-0.15, -0.1) is 0 Å². The number of amides is 2. The number of sulfonamides is 1. The average Bonchev–Trinajstić information content (AvgIpc) is 3.13. The Morgan fingerprint density at radius 2 is 1.81 bits per heavy atom. The summed E-state index contributed by atoms with van der Waals surface area (Å²) in [7, 11) is -3.72. The monoisotopic (exact) mass is 393 g/mol. The van der Waals surface area contributed by atoms with Crippen LogP contribution in [-0.4, -0.2) is 32.8 Å². The molecule has 146 valence electrons. The summed E-state index contributed by atoms with van der Waals surface area (Å²) in [6.07, 6.45) is 1.90. The first kappa shape index (κ1) is 20.7. The van der Waals surface area contributed by atoms with E-state index >= 15 is 0 Å². The molecule has 27 heavy (non-hydrogen) atoms. The van der Waals surface area contributed by atoms with E-state index in [9.17, 15) is 18.0 Å². The van der Waals surface area contributed by atoms with Gasteiger partial charge in [-0.05, 0) is 42.2 Å².